The van der Waals surface area contributed by atoms with Gasteiger partial charge in [0.05, 0.1) is 5.92 Å². The number of nitrogens with zero attached hydrogens (tertiary/aromatic N) is 2. The van der Waals surface area contributed by atoms with E-state index in [1.165, 1.54) is 42.7 Å². The molecule has 1 aromatic rings. The Morgan fingerprint density at radius 1 is 1.48 bits per heavy atom. The van der Waals surface area contributed by atoms with Crippen LogP contribution in [0.3, 0.4) is 0 Å². The van der Waals surface area contributed by atoms with Crippen molar-refractivity contribution in [3.05, 3.63) is 18.0 Å². The fourth-order valence-corrected chi connectivity index (χ4v) is 2.58. The smallest absolute Gasteiger partial charge is 0.308 e. The predicted octanol–water partition coefficient (Wildman–Crippen LogP) is -0.274. The maximum absolute atomic E-state index is 12.2. The van der Waals surface area contributed by atoms with E-state index in [4.69, 9.17) is 5.11 Å². The van der Waals surface area contributed by atoms with E-state index in [9.17, 15) is 18.0 Å². The van der Waals surface area contributed by atoms with Crippen molar-refractivity contribution in [1.29, 1.82) is 0 Å². The average molecular weight is 317 g/mol. The van der Waals surface area contributed by atoms with Gasteiger partial charge in [0.15, 0.2) is 0 Å². The summed E-state index contributed by atoms with van der Waals surface area (Å²) >= 11 is 0. The Morgan fingerprint density at radius 2 is 2.05 bits per heavy atom. The van der Waals surface area contributed by atoms with E-state index in [-0.39, 0.29) is 17.1 Å². The van der Waals surface area contributed by atoms with Crippen molar-refractivity contribution in [1.82, 2.24) is 14.2 Å². The van der Waals surface area contributed by atoms with E-state index in [1.54, 1.807) is 7.05 Å². The van der Waals surface area contributed by atoms with Crippen molar-refractivity contribution < 1.29 is 23.1 Å². The topological polar surface area (TPSA) is 109 Å². The molecular formula is C12H19N3O5S. The van der Waals surface area contributed by atoms with Crippen molar-refractivity contribution in [2.45, 2.75) is 11.8 Å². The van der Waals surface area contributed by atoms with Crippen molar-refractivity contribution in [2.24, 2.45) is 13.0 Å². The number of hydrogen-bond donors (Lipinski definition) is 2. The largest absolute Gasteiger partial charge is 0.481 e. The van der Waals surface area contributed by atoms with Crippen LogP contribution in [0.2, 0.25) is 0 Å². The molecular weight excluding hydrogens is 298 g/mol. The summed E-state index contributed by atoms with van der Waals surface area (Å²) < 4.78 is 27.0. The van der Waals surface area contributed by atoms with Crippen LogP contribution in [0.25, 0.3) is 0 Å². The first-order valence-corrected chi connectivity index (χ1v) is 7.66. The monoisotopic (exact) mass is 317 g/mol. The van der Waals surface area contributed by atoms with E-state index >= 15 is 0 Å². The fraction of sp³-hybridized carbons (Fsp3) is 0.500. The molecule has 0 fully saturated rings. The van der Waals surface area contributed by atoms with Gasteiger partial charge in [0.1, 0.15) is 10.6 Å². The van der Waals surface area contributed by atoms with Crippen LogP contribution in [-0.4, -0.2) is 55.5 Å². The van der Waals surface area contributed by atoms with Gasteiger partial charge in [-0.05, 0) is 13.1 Å². The molecule has 2 N–H and O–H groups in total. The summed E-state index contributed by atoms with van der Waals surface area (Å²) in [6.07, 6.45) is 1.33. The molecule has 0 saturated heterocycles. The summed E-state index contributed by atoms with van der Waals surface area (Å²) in [7, 11) is 0.676. The molecule has 8 nitrogen and oxygen atoms in total. The molecule has 1 atom stereocenters. The van der Waals surface area contributed by atoms with Crippen LogP contribution in [0.4, 0.5) is 0 Å². The maximum atomic E-state index is 12.2. The molecule has 0 bridgehead atoms. The lowest BCUT2D eigenvalue weighted by Gasteiger charge is -2.19. The van der Waals surface area contributed by atoms with Gasteiger partial charge in [0.25, 0.3) is 5.91 Å². The second kappa shape index (κ2) is 6.27. The predicted molar refractivity (Wildman–Crippen MR) is 75.4 cm³/mol. The highest BCUT2D eigenvalue weighted by Gasteiger charge is 2.23. The van der Waals surface area contributed by atoms with Gasteiger partial charge >= 0.3 is 5.97 Å². The fourth-order valence-electron chi connectivity index (χ4n) is 1.78. The molecule has 0 aromatic carbocycles. The number of carbonyl (C=O) groups is 2. The summed E-state index contributed by atoms with van der Waals surface area (Å²) in [6, 6.07) is 1.26. The molecule has 0 spiro atoms. The van der Waals surface area contributed by atoms with E-state index in [0.717, 1.165) is 0 Å². The van der Waals surface area contributed by atoms with Crippen molar-refractivity contribution in [3.63, 3.8) is 0 Å². The summed E-state index contributed by atoms with van der Waals surface area (Å²) in [6.45, 7) is 1.53. The molecule has 21 heavy (non-hydrogen) atoms. The first-order valence-electron chi connectivity index (χ1n) is 6.18. The summed E-state index contributed by atoms with van der Waals surface area (Å²) in [5, 5.41) is 8.85. The Kier molecular flexibility index (Phi) is 5.13. The van der Waals surface area contributed by atoms with Crippen molar-refractivity contribution in [3.8, 4) is 0 Å². The zero-order chi connectivity index (χ0) is 16.4. The lowest BCUT2D eigenvalue weighted by Crippen LogP contribution is -2.34. The molecule has 1 heterocycles. The minimum Gasteiger partial charge on any atom is -0.481 e. The van der Waals surface area contributed by atoms with E-state index in [2.05, 4.69) is 4.72 Å². The molecule has 0 aliphatic rings. The Bertz CT molecular complexity index is 650. The SMILES string of the molecule is CNS(=O)(=O)c1cc(C(=O)N(C)CC(C)C(=O)O)n(C)c1. The number of amides is 1. The van der Waals surface area contributed by atoms with Gasteiger partial charge in [0.2, 0.25) is 10.0 Å². The van der Waals surface area contributed by atoms with Crippen LogP contribution in [0, 0.1) is 5.92 Å². The summed E-state index contributed by atoms with van der Waals surface area (Å²) in [5.74, 6) is -2.15. The van der Waals surface area contributed by atoms with Crippen LogP contribution >= 0.6 is 0 Å². The van der Waals surface area contributed by atoms with Crippen molar-refractivity contribution >= 4 is 21.9 Å². The van der Waals surface area contributed by atoms with Gasteiger partial charge < -0.3 is 14.6 Å². The molecule has 0 aliphatic carbocycles. The number of nitrogens with one attached hydrogen (secondary N) is 1. The number of carboxylic acid groups (broad SMARTS) is 1. The third-order valence-electron chi connectivity index (χ3n) is 3.09. The van der Waals surface area contributed by atoms with Crippen LogP contribution in [0.5, 0.6) is 0 Å². The lowest BCUT2D eigenvalue weighted by molar-refractivity contribution is -0.141. The lowest BCUT2D eigenvalue weighted by atomic mass is 10.1. The van der Waals surface area contributed by atoms with Gasteiger partial charge in [-0.2, -0.15) is 0 Å². The Balaban J connectivity index is 3.01. The second-order valence-electron chi connectivity index (χ2n) is 4.80. The zero-order valence-corrected chi connectivity index (χ0v) is 13.1. The highest BCUT2D eigenvalue weighted by atomic mass is 32.2. The standard InChI is InChI=1S/C12H19N3O5S/c1-8(12(17)18)6-15(4)11(16)10-5-9(7-14(10)3)21(19,20)13-2/h5,7-8,13H,6H2,1-4H3,(H,17,18). The summed E-state index contributed by atoms with van der Waals surface area (Å²) in [4.78, 5) is 24.3. The Morgan fingerprint density at radius 3 is 2.52 bits per heavy atom. The zero-order valence-electron chi connectivity index (χ0n) is 12.3. The minimum absolute atomic E-state index is 0.0180. The third kappa shape index (κ3) is 3.82. The van der Waals surface area contributed by atoms with Gasteiger partial charge in [-0.15, -0.1) is 0 Å². The van der Waals surface area contributed by atoms with Gasteiger partial charge in [-0.3, -0.25) is 9.59 Å². The number of aliphatic carboxylic acids is 1. The number of hydrogen-bond acceptors (Lipinski definition) is 4. The highest BCUT2D eigenvalue weighted by Crippen LogP contribution is 2.15. The van der Waals surface area contributed by atoms with E-state index in [1.807, 2.05) is 0 Å². The molecule has 0 saturated carbocycles. The second-order valence-corrected chi connectivity index (χ2v) is 6.69. The molecule has 0 radical (unpaired) electrons. The molecule has 1 aromatic heterocycles. The maximum Gasteiger partial charge on any atom is 0.308 e. The van der Waals surface area contributed by atoms with Gasteiger partial charge in [0, 0.05) is 26.8 Å². The summed E-state index contributed by atoms with van der Waals surface area (Å²) in [5.41, 5.74) is 0.170. The first-order chi connectivity index (χ1) is 9.60. The average Bonchev–Trinajstić information content (AvgIpc) is 2.80. The van der Waals surface area contributed by atoms with Gasteiger partial charge in [-0.25, -0.2) is 13.1 Å². The van der Waals surface area contributed by atoms with Gasteiger partial charge in [-0.1, -0.05) is 6.92 Å². The van der Waals surface area contributed by atoms with Crippen molar-refractivity contribution in [2.75, 3.05) is 20.6 Å². The molecule has 118 valence electrons. The van der Waals surface area contributed by atoms with Crippen LogP contribution in [0.1, 0.15) is 17.4 Å². The van der Waals surface area contributed by atoms with E-state index in [0.29, 0.717) is 0 Å². The van der Waals surface area contributed by atoms with E-state index < -0.39 is 27.8 Å². The number of aryl methyl sites for hydroxylation is 1. The number of sulfonamides is 1. The molecule has 0 aliphatic heterocycles. The van der Waals surface area contributed by atoms with Crippen LogP contribution in [-0.2, 0) is 21.9 Å². The molecule has 1 amide bonds. The number of rotatable bonds is 6. The number of carboxylic acids is 1. The first kappa shape index (κ1) is 17.2. The normalized spacial score (nSPS) is 13.0. The molecule has 1 rings (SSSR count). The molecule has 1 unspecified atom stereocenters. The quantitative estimate of drug-likeness (QED) is 0.750. The van der Waals surface area contributed by atoms with Crippen LogP contribution < -0.4 is 4.72 Å². The number of carbonyl (C=O) groups excluding carboxylic acids is 1. The Hall–Kier alpha value is -1.87. The highest BCUT2D eigenvalue weighted by molar-refractivity contribution is 7.89. The Labute approximate surface area is 123 Å². The number of aromatic nitrogens is 1. The van der Waals surface area contributed by atoms with Crippen LogP contribution in [0.15, 0.2) is 17.2 Å². The minimum atomic E-state index is -3.63. The third-order valence-corrected chi connectivity index (χ3v) is 4.48. The molecule has 9 heteroatoms.